The van der Waals surface area contributed by atoms with E-state index in [1.54, 1.807) is 12.1 Å². The number of nitrogens with one attached hydrogen (secondary N) is 2. The topological polar surface area (TPSA) is 109 Å². The van der Waals surface area contributed by atoms with Gasteiger partial charge in [-0.25, -0.2) is 9.18 Å². The van der Waals surface area contributed by atoms with Gasteiger partial charge in [0.2, 0.25) is 5.91 Å². The number of carbonyl (C=O) groups excluding carboxylic acids is 3. The summed E-state index contributed by atoms with van der Waals surface area (Å²) in [5, 5.41) is 13.6. The molecule has 1 aliphatic heterocycles. The molecule has 4 amide bonds. The zero-order valence-corrected chi connectivity index (χ0v) is 17.3. The van der Waals surface area contributed by atoms with Crippen molar-refractivity contribution in [1.82, 2.24) is 30.1 Å². The van der Waals surface area contributed by atoms with Crippen molar-refractivity contribution in [3.05, 3.63) is 65.9 Å². The molecule has 0 unspecified atom stereocenters. The van der Waals surface area contributed by atoms with Crippen LogP contribution in [0.1, 0.15) is 24.2 Å². The van der Waals surface area contributed by atoms with Crippen molar-refractivity contribution < 1.29 is 18.8 Å². The van der Waals surface area contributed by atoms with Gasteiger partial charge in [-0.3, -0.25) is 18.9 Å². The molecule has 2 aromatic heterocycles. The lowest BCUT2D eigenvalue weighted by atomic mass is 10.1. The quantitative estimate of drug-likeness (QED) is 0.492. The molecule has 4 rings (SSSR count). The van der Waals surface area contributed by atoms with E-state index < -0.39 is 12.1 Å². The van der Waals surface area contributed by atoms with E-state index in [1.807, 2.05) is 28.8 Å². The fourth-order valence-electron chi connectivity index (χ4n) is 3.66. The van der Waals surface area contributed by atoms with Crippen molar-refractivity contribution in [2.45, 2.75) is 31.7 Å². The summed E-state index contributed by atoms with van der Waals surface area (Å²) in [6.45, 7) is 0.544. The van der Waals surface area contributed by atoms with Gasteiger partial charge in [-0.15, -0.1) is 10.2 Å². The fraction of sp³-hybridized carbons (Fsp3) is 0.318. The molecule has 0 radical (unpaired) electrons. The van der Waals surface area contributed by atoms with Crippen LogP contribution in [0, 0.1) is 5.82 Å². The third kappa shape index (κ3) is 4.90. The molecule has 0 saturated carbocycles. The fourth-order valence-corrected chi connectivity index (χ4v) is 3.66. The number of nitrogens with zero attached hydrogens (tertiary/aromatic N) is 4. The molecule has 3 aromatic rings. The van der Waals surface area contributed by atoms with Crippen molar-refractivity contribution in [2.24, 2.45) is 0 Å². The van der Waals surface area contributed by atoms with Gasteiger partial charge >= 0.3 is 6.03 Å². The highest BCUT2D eigenvalue weighted by molar-refractivity contribution is 6.04. The van der Waals surface area contributed by atoms with Crippen LogP contribution in [0.3, 0.4) is 0 Å². The second kappa shape index (κ2) is 9.54. The van der Waals surface area contributed by atoms with Gasteiger partial charge in [-0.1, -0.05) is 18.2 Å². The molecule has 0 bridgehead atoms. The Hall–Kier alpha value is -3.82. The second-order valence-electron chi connectivity index (χ2n) is 7.56. The number of hydrogen-bond acceptors (Lipinski definition) is 5. The van der Waals surface area contributed by atoms with Crippen molar-refractivity contribution in [2.75, 3.05) is 13.1 Å². The van der Waals surface area contributed by atoms with E-state index in [4.69, 9.17) is 0 Å². The average Bonchev–Trinajstić information content (AvgIpc) is 3.31. The Morgan fingerprint density at radius 2 is 2.00 bits per heavy atom. The molecule has 32 heavy (non-hydrogen) atoms. The number of urea groups is 1. The van der Waals surface area contributed by atoms with Gasteiger partial charge in [0.1, 0.15) is 17.7 Å². The van der Waals surface area contributed by atoms with Crippen molar-refractivity contribution in [3.63, 3.8) is 0 Å². The molecule has 9 nitrogen and oxygen atoms in total. The number of hydrogen-bond donors (Lipinski definition) is 2. The zero-order valence-electron chi connectivity index (χ0n) is 17.3. The maximum absolute atomic E-state index is 13.3. The van der Waals surface area contributed by atoms with Crippen LogP contribution < -0.4 is 10.6 Å². The van der Waals surface area contributed by atoms with Gasteiger partial charge in [0.05, 0.1) is 0 Å². The summed E-state index contributed by atoms with van der Waals surface area (Å²) in [5.41, 5.74) is 1.44. The number of rotatable bonds is 9. The molecule has 1 aromatic carbocycles. The van der Waals surface area contributed by atoms with E-state index in [9.17, 15) is 18.8 Å². The van der Waals surface area contributed by atoms with E-state index in [0.29, 0.717) is 24.9 Å². The van der Waals surface area contributed by atoms with Crippen LogP contribution in [0.25, 0.3) is 5.65 Å². The lowest BCUT2D eigenvalue weighted by Crippen LogP contribution is -2.34. The first-order valence-corrected chi connectivity index (χ1v) is 10.4. The molecule has 0 spiro atoms. The van der Waals surface area contributed by atoms with Crippen LogP contribution in [0.4, 0.5) is 9.18 Å². The summed E-state index contributed by atoms with van der Waals surface area (Å²) in [5.74, 6) is -0.193. The number of halogens is 1. The third-order valence-electron chi connectivity index (χ3n) is 5.34. The normalized spacial score (nSPS) is 15.9. The summed E-state index contributed by atoms with van der Waals surface area (Å²) in [6, 6.07) is 10.4. The molecular formula is C22H23FN6O3. The zero-order chi connectivity index (χ0) is 22.5. The van der Waals surface area contributed by atoms with Crippen LogP contribution in [0.15, 0.2) is 48.7 Å². The number of pyridine rings is 1. The molecule has 3 heterocycles. The Kier molecular flexibility index (Phi) is 6.39. The van der Waals surface area contributed by atoms with Gasteiger partial charge in [-0.05, 0) is 42.7 Å². The van der Waals surface area contributed by atoms with Crippen LogP contribution in [-0.4, -0.2) is 56.5 Å². The van der Waals surface area contributed by atoms with E-state index in [0.717, 1.165) is 16.4 Å². The Bertz CT molecular complexity index is 1150. The SMILES string of the molecule is O=C(CC[C@H]1NC(=O)N(CCc2cccc(F)c2)C1=O)NCCc1nnc2ccccn12. The molecule has 10 heteroatoms. The number of amides is 4. The minimum absolute atomic E-state index is 0.106. The first-order chi connectivity index (χ1) is 15.5. The number of benzene rings is 1. The Morgan fingerprint density at radius 1 is 1.12 bits per heavy atom. The summed E-state index contributed by atoms with van der Waals surface area (Å²) >= 11 is 0. The highest BCUT2D eigenvalue weighted by atomic mass is 19.1. The molecule has 0 aliphatic carbocycles. The largest absolute Gasteiger partial charge is 0.356 e. The lowest BCUT2D eigenvalue weighted by Gasteiger charge is -2.13. The smallest absolute Gasteiger partial charge is 0.324 e. The molecule has 2 N–H and O–H groups in total. The van der Waals surface area contributed by atoms with E-state index in [1.165, 1.54) is 12.1 Å². The van der Waals surface area contributed by atoms with Crippen LogP contribution >= 0.6 is 0 Å². The number of fused-ring (bicyclic) bond motifs is 1. The molecular weight excluding hydrogens is 415 g/mol. The summed E-state index contributed by atoms with van der Waals surface area (Å²) in [6.07, 6.45) is 3.06. The van der Waals surface area contributed by atoms with Crippen molar-refractivity contribution >= 4 is 23.5 Å². The summed E-state index contributed by atoms with van der Waals surface area (Å²) in [4.78, 5) is 38.0. The average molecular weight is 438 g/mol. The van der Waals surface area contributed by atoms with Gasteiger partial charge < -0.3 is 10.6 Å². The summed E-state index contributed by atoms with van der Waals surface area (Å²) in [7, 11) is 0. The molecule has 1 aliphatic rings. The second-order valence-corrected chi connectivity index (χ2v) is 7.56. The van der Waals surface area contributed by atoms with Gasteiger partial charge in [0.15, 0.2) is 5.65 Å². The van der Waals surface area contributed by atoms with E-state index in [2.05, 4.69) is 20.8 Å². The van der Waals surface area contributed by atoms with E-state index >= 15 is 0 Å². The standard InChI is InChI=1S/C22H23FN6O3/c23-16-5-3-4-15(14-16)10-13-29-21(31)17(25-22(29)32)7-8-20(30)24-11-9-19-27-26-18-6-1-2-12-28(18)19/h1-6,12,14,17H,7-11,13H2,(H,24,30)(H,25,32)/t17-/m1/s1. The maximum atomic E-state index is 13.3. The number of carbonyl (C=O) groups is 3. The Labute approximate surface area is 183 Å². The first-order valence-electron chi connectivity index (χ1n) is 10.4. The van der Waals surface area contributed by atoms with Crippen molar-refractivity contribution in [3.8, 4) is 0 Å². The van der Waals surface area contributed by atoms with Gasteiger partial charge in [-0.2, -0.15) is 0 Å². The minimum atomic E-state index is -0.735. The van der Waals surface area contributed by atoms with Gasteiger partial charge in [0.25, 0.3) is 5.91 Å². The molecule has 1 saturated heterocycles. The monoisotopic (exact) mass is 438 g/mol. The van der Waals surface area contributed by atoms with Crippen LogP contribution in [-0.2, 0) is 22.4 Å². The summed E-state index contributed by atoms with van der Waals surface area (Å²) < 4.78 is 15.1. The van der Waals surface area contributed by atoms with Crippen LogP contribution in [0.5, 0.6) is 0 Å². The molecule has 1 atom stereocenters. The highest BCUT2D eigenvalue weighted by Crippen LogP contribution is 2.13. The molecule has 166 valence electrons. The predicted molar refractivity (Wildman–Crippen MR) is 113 cm³/mol. The van der Waals surface area contributed by atoms with Gasteiger partial charge in [0, 0.05) is 32.1 Å². The Balaban J connectivity index is 1.20. The number of aromatic nitrogens is 3. The van der Waals surface area contributed by atoms with Crippen molar-refractivity contribution in [1.29, 1.82) is 0 Å². The van der Waals surface area contributed by atoms with Crippen LogP contribution in [0.2, 0.25) is 0 Å². The lowest BCUT2D eigenvalue weighted by molar-refractivity contribution is -0.127. The third-order valence-corrected chi connectivity index (χ3v) is 5.34. The van der Waals surface area contributed by atoms with E-state index in [-0.39, 0.29) is 37.0 Å². The highest BCUT2D eigenvalue weighted by Gasteiger charge is 2.37. The first kappa shape index (κ1) is 21.4. The predicted octanol–water partition coefficient (Wildman–Crippen LogP) is 1.47. The number of imide groups is 1. The minimum Gasteiger partial charge on any atom is -0.356 e. The molecule has 1 fully saturated rings. The Morgan fingerprint density at radius 3 is 2.84 bits per heavy atom. The maximum Gasteiger partial charge on any atom is 0.324 e.